The molecule has 0 amide bonds. The Morgan fingerprint density at radius 1 is 1.22 bits per heavy atom. The summed E-state index contributed by atoms with van der Waals surface area (Å²) in [6.45, 7) is 1.82. The maximum absolute atomic E-state index is 14.2. The van der Waals surface area contributed by atoms with Crippen molar-refractivity contribution in [3.8, 4) is 5.69 Å². The van der Waals surface area contributed by atoms with Gasteiger partial charge < -0.3 is 0 Å². The maximum atomic E-state index is 14.2. The molecule has 4 rings (SSSR count). The number of hydrogen-bond donors (Lipinski definition) is 0. The van der Waals surface area contributed by atoms with Crippen LogP contribution < -0.4 is 0 Å². The van der Waals surface area contributed by atoms with Crippen LogP contribution in [0.4, 0.5) is 4.39 Å². The maximum Gasteiger partial charge on any atom is 0.167 e. The summed E-state index contributed by atoms with van der Waals surface area (Å²) in [5.41, 5.74) is 2.57. The number of halogens is 1. The Hall–Kier alpha value is -2.27. The van der Waals surface area contributed by atoms with Crippen LogP contribution in [0.25, 0.3) is 5.69 Å². The lowest BCUT2D eigenvalue weighted by molar-refractivity contribution is 0.0963. The number of aryl methyl sites for hydroxylation is 1. The van der Waals surface area contributed by atoms with Gasteiger partial charge in [0.25, 0.3) is 0 Å². The molecule has 0 unspecified atom stereocenters. The van der Waals surface area contributed by atoms with Gasteiger partial charge in [-0.25, -0.2) is 9.07 Å². The number of para-hydroxylation sites is 1. The number of fused-ring (bicyclic) bond motifs is 1. The number of Topliss-reactive ketones (excluding diaryl/α,β-unsaturated/α-hetero) is 1. The van der Waals surface area contributed by atoms with Crippen molar-refractivity contribution in [1.82, 2.24) is 9.78 Å². The van der Waals surface area contributed by atoms with E-state index >= 15 is 0 Å². The highest BCUT2D eigenvalue weighted by molar-refractivity contribution is 7.10. The molecular formula is C18H15FN2OS. The zero-order chi connectivity index (χ0) is 16.0. The zero-order valence-corrected chi connectivity index (χ0v) is 13.4. The Balaban J connectivity index is 1.85. The highest BCUT2D eigenvalue weighted by Crippen LogP contribution is 2.37. The number of hydrogen-bond acceptors (Lipinski definition) is 3. The smallest absolute Gasteiger partial charge is 0.167 e. The quantitative estimate of drug-likeness (QED) is 0.704. The summed E-state index contributed by atoms with van der Waals surface area (Å²) in [6, 6.07) is 10.6. The average molecular weight is 326 g/mol. The van der Waals surface area contributed by atoms with Crippen molar-refractivity contribution in [1.29, 1.82) is 0 Å². The van der Waals surface area contributed by atoms with E-state index in [0.29, 0.717) is 29.8 Å². The molecule has 1 aliphatic carbocycles. The Bertz CT molecular complexity index is 883. The molecule has 5 heteroatoms. The molecule has 1 aliphatic rings. The van der Waals surface area contributed by atoms with Crippen LogP contribution >= 0.6 is 11.3 Å². The molecule has 116 valence electrons. The van der Waals surface area contributed by atoms with Crippen molar-refractivity contribution in [2.45, 2.75) is 25.7 Å². The van der Waals surface area contributed by atoms with Crippen molar-refractivity contribution in [3.05, 3.63) is 69.4 Å². The molecule has 2 aromatic heterocycles. The standard InChI is InChI=1S/C18H15FN2OS/c1-11-18-15(21(20-11)14-6-3-2-5-13(14)19)9-12(10-16(18)22)17-7-4-8-23-17/h2-8,12H,9-10H2,1H3/t12-/m1/s1. The molecule has 0 N–H and O–H groups in total. The summed E-state index contributed by atoms with van der Waals surface area (Å²) < 4.78 is 15.8. The molecule has 3 aromatic rings. The predicted octanol–water partition coefficient (Wildman–Crippen LogP) is 4.29. The van der Waals surface area contributed by atoms with E-state index in [2.05, 4.69) is 11.2 Å². The molecule has 23 heavy (non-hydrogen) atoms. The van der Waals surface area contributed by atoms with Crippen molar-refractivity contribution < 1.29 is 9.18 Å². The number of rotatable bonds is 2. The van der Waals surface area contributed by atoms with Crippen LogP contribution in [-0.2, 0) is 6.42 Å². The third-order valence-corrected chi connectivity index (χ3v) is 5.37. The fourth-order valence-corrected chi connectivity index (χ4v) is 4.14. The second-order valence-electron chi connectivity index (χ2n) is 5.81. The Morgan fingerprint density at radius 2 is 2.04 bits per heavy atom. The summed E-state index contributed by atoms with van der Waals surface area (Å²) in [4.78, 5) is 13.8. The van der Waals surface area contributed by atoms with Crippen LogP contribution in [0.1, 0.15) is 39.0 Å². The molecule has 0 spiro atoms. The topological polar surface area (TPSA) is 34.9 Å². The summed E-state index contributed by atoms with van der Waals surface area (Å²) >= 11 is 1.66. The van der Waals surface area contributed by atoms with Gasteiger partial charge in [-0.1, -0.05) is 18.2 Å². The molecule has 2 heterocycles. The van der Waals surface area contributed by atoms with E-state index in [1.165, 1.54) is 10.9 Å². The van der Waals surface area contributed by atoms with E-state index in [-0.39, 0.29) is 17.5 Å². The van der Waals surface area contributed by atoms with Gasteiger partial charge in [-0.2, -0.15) is 5.10 Å². The minimum Gasteiger partial charge on any atom is -0.294 e. The first kappa shape index (κ1) is 14.3. The van der Waals surface area contributed by atoms with Crippen LogP contribution in [-0.4, -0.2) is 15.6 Å². The summed E-state index contributed by atoms with van der Waals surface area (Å²) in [5, 5.41) is 6.47. The fourth-order valence-electron chi connectivity index (χ4n) is 3.31. The van der Waals surface area contributed by atoms with Gasteiger partial charge in [0, 0.05) is 17.2 Å². The molecule has 0 aliphatic heterocycles. The average Bonchev–Trinajstić information content (AvgIpc) is 3.16. The van der Waals surface area contributed by atoms with Gasteiger partial charge in [0.15, 0.2) is 5.78 Å². The lowest BCUT2D eigenvalue weighted by Crippen LogP contribution is -2.20. The number of thiophene rings is 1. The Morgan fingerprint density at radius 3 is 2.78 bits per heavy atom. The largest absolute Gasteiger partial charge is 0.294 e. The van der Waals surface area contributed by atoms with Gasteiger partial charge in [-0.3, -0.25) is 4.79 Å². The Kier molecular flexibility index (Phi) is 3.38. The van der Waals surface area contributed by atoms with Gasteiger partial charge in [0.1, 0.15) is 11.5 Å². The van der Waals surface area contributed by atoms with Crippen LogP contribution in [0.3, 0.4) is 0 Å². The molecule has 1 atom stereocenters. The normalized spacial score (nSPS) is 17.3. The number of benzene rings is 1. The second kappa shape index (κ2) is 5.42. The molecular weight excluding hydrogens is 311 g/mol. The summed E-state index contributed by atoms with van der Waals surface area (Å²) in [5.74, 6) is -0.0788. The minimum absolute atomic E-state index is 0.102. The number of carbonyl (C=O) groups excluding carboxylic acids is 1. The van der Waals surface area contributed by atoms with E-state index < -0.39 is 0 Å². The first-order chi connectivity index (χ1) is 11.1. The van der Waals surface area contributed by atoms with E-state index in [1.54, 1.807) is 34.2 Å². The van der Waals surface area contributed by atoms with Crippen molar-refractivity contribution >= 4 is 17.1 Å². The highest BCUT2D eigenvalue weighted by atomic mass is 32.1. The van der Waals surface area contributed by atoms with Gasteiger partial charge in [0.2, 0.25) is 0 Å². The summed E-state index contributed by atoms with van der Waals surface area (Å²) in [6.07, 6.45) is 1.20. The Labute approximate surface area is 137 Å². The van der Waals surface area contributed by atoms with Crippen LogP contribution in [0.2, 0.25) is 0 Å². The van der Waals surface area contributed by atoms with Gasteiger partial charge in [-0.05, 0) is 36.9 Å². The van der Waals surface area contributed by atoms with Crippen LogP contribution in [0.5, 0.6) is 0 Å². The highest BCUT2D eigenvalue weighted by Gasteiger charge is 2.32. The molecule has 0 bridgehead atoms. The number of nitrogens with zero attached hydrogens (tertiary/aromatic N) is 2. The van der Waals surface area contributed by atoms with Crippen LogP contribution in [0, 0.1) is 12.7 Å². The molecule has 0 saturated carbocycles. The molecule has 0 fully saturated rings. The van der Waals surface area contributed by atoms with E-state index in [0.717, 1.165) is 5.69 Å². The van der Waals surface area contributed by atoms with Gasteiger partial charge in [-0.15, -0.1) is 11.3 Å². The predicted molar refractivity (Wildman–Crippen MR) is 88.0 cm³/mol. The van der Waals surface area contributed by atoms with E-state index in [9.17, 15) is 9.18 Å². The number of carbonyl (C=O) groups is 1. The first-order valence-corrected chi connectivity index (χ1v) is 8.43. The van der Waals surface area contributed by atoms with Gasteiger partial charge in [0.05, 0.1) is 17.0 Å². The molecule has 3 nitrogen and oxygen atoms in total. The third kappa shape index (κ3) is 2.32. The monoisotopic (exact) mass is 326 g/mol. The lowest BCUT2D eigenvalue weighted by Gasteiger charge is -2.22. The van der Waals surface area contributed by atoms with Crippen molar-refractivity contribution in [2.24, 2.45) is 0 Å². The fraction of sp³-hybridized carbons (Fsp3) is 0.222. The number of aromatic nitrogens is 2. The van der Waals surface area contributed by atoms with E-state index in [4.69, 9.17) is 0 Å². The molecule has 0 saturated heterocycles. The SMILES string of the molecule is Cc1nn(-c2ccccc2F)c2c1C(=O)C[C@H](c1cccs1)C2. The summed E-state index contributed by atoms with van der Waals surface area (Å²) in [7, 11) is 0. The third-order valence-electron chi connectivity index (χ3n) is 4.33. The minimum atomic E-state index is -0.330. The zero-order valence-electron chi connectivity index (χ0n) is 12.6. The van der Waals surface area contributed by atoms with Crippen LogP contribution in [0.15, 0.2) is 41.8 Å². The number of ketones is 1. The van der Waals surface area contributed by atoms with E-state index in [1.807, 2.05) is 18.4 Å². The lowest BCUT2D eigenvalue weighted by atomic mass is 9.85. The first-order valence-electron chi connectivity index (χ1n) is 7.55. The molecule has 1 aromatic carbocycles. The van der Waals surface area contributed by atoms with Crippen molar-refractivity contribution in [3.63, 3.8) is 0 Å². The molecule has 0 radical (unpaired) electrons. The van der Waals surface area contributed by atoms with Crippen molar-refractivity contribution in [2.75, 3.05) is 0 Å². The second-order valence-corrected chi connectivity index (χ2v) is 6.79. The van der Waals surface area contributed by atoms with Gasteiger partial charge >= 0.3 is 0 Å².